The third-order valence-corrected chi connectivity index (χ3v) is 3.89. The van der Waals surface area contributed by atoms with E-state index in [4.69, 9.17) is 24.5 Å². The van der Waals surface area contributed by atoms with Crippen LogP contribution in [0.25, 0.3) is 6.08 Å². The Morgan fingerprint density at radius 2 is 1.86 bits per heavy atom. The number of hydroxylamine groups is 1. The summed E-state index contributed by atoms with van der Waals surface area (Å²) in [5.41, 5.74) is 2.23. The lowest BCUT2D eigenvalue weighted by atomic mass is 10.1. The number of aromatic hydroxyl groups is 1. The summed E-state index contributed by atoms with van der Waals surface area (Å²) in [6.07, 6.45) is 2.54. The van der Waals surface area contributed by atoms with Gasteiger partial charge in [0.25, 0.3) is 5.91 Å². The lowest BCUT2D eigenvalue weighted by Gasteiger charge is -2.20. The average molecular weight is 387 g/mol. The fraction of sp³-hybridized carbons (Fsp3) is 0.158. The van der Waals surface area contributed by atoms with Crippen LogP contribution in [0.15, 0.2) is 36.4 Å². The zero-order valence-electron chi connectivity index (χ0n) is 14.5. The summed E-state index contributed by atoms with van der Waals surface area (Å²) in [5, 5.41) is 27.6. The molecule has 28 heavy (non-hydrogen) atoms. The maximum absolute atomic E-state index is 12.2. The van der Waals surface area contributed by atoms with Crippen LogP contribution in [0, 0.1) is 0 Å². The van der Waals surface area contributed by atoms with Crippen molar-refractivity contribution in [2.24, 2.45) is 0 Å². The van der Waals surface area contributed by atoms with Gasteiger partial charge in [0.2, 0.25) is 0 Å². The first-order valence-electron chi connectivity index (χ1n) is 8.22. The van der Waals surface area contributed by atoms with Gasteiger partial charge in [-0.1, -0.05) is 6.07 Å². The second-order valence-corrected chi connectivity index (χ2v) is 5.73. The van der Waals surface area contributed by atoms with Crippen LogP contribution in [0.2, 0.25) is 0 Å². The Hall–Kier alpha value is -3.56. The number of amides is 1. The van der Waals surface area contributed by atoms with E-state index in [1.54, 1.807) is 6.07 Å². The minimum atomic E-state index is -0.880. The quantitative estimate of drug-likeness (QED) is 0.199. The number of ether oxygens (including phenoxy) is 3. The Morgan fingerprint density at radius 3 is 2.54 bits per heavy atom. The number of hydrogen-bond acceptors (Lipinski definition) is 8. The molecule has 0 bridgehead atoms. The summed E-state index contributed by atoms with van der Waals surface area (Å²) in [6.45, 7) is 0.256. The van der Waals surface area contributed by atoms with Gasteiger partial charge in [-0.3, -0.25) is 10.0 Å². The molecule has 1 amide bonds. The summed E-state index contributed by atoms with van der Waals surface area (Å²) < 4.78 is 16.0. The van der Waals surface area contributed by atoms with Crippen molar-refractivity contribution in [2.75, 3.05) is 13.2 Å². The van der Waals surface area contributed by atoms with Crippen molar-refractivity contribution in [1.29, 1.82) is 0 Å². The van der Waals surface area contributed by atoms with Crippen LogP contribution in [-0.4, -0.2) is 40.5 Å². The first kappa shape index (κ1) is 19.2. The number of rotatable bonds is 5. The van der Waals surface area contributed by atoms with Crippen LogP contribution in [0.5, 0.6) is 23.0 Å². The van der Waals surface area contributed by atoms with Gasteiger partial charge in [-0.2, -0.15) is 0 Å². The monoisotopic (exact) mass is 387 g/mol. The Bertz CT molecular complexity index is 938. The fourth-order valence-electron chi connectivity index (χ4n) is 2.53. The number of nitrogens with one attached hydrogen (secondary N) is 1. The molecule has 0 saturated heterocycles. The number of phenols is 1. The minimum absolute atomic E-state index is 0.0573. The van der Waals surface area contributed by atoms with Gasteiger partial charge in [0.1, 0.15) is 24.7 Å². The lowest BCUT2D eigenvalue weighted by Crippen LogP contribution is -2.22. The Morgan fingerprint density at radius 1 is 1.14 bits per heavy atom. The first-order valence-corrected chi connectivity index (χ1v) is 8.22. The van der Waals surface area contributed by atoms with Gasteiger partial charge >= 0.3 is 5.97 Å². The van der Waals surface area contributed by atoms with E-state index in [9.17, 15) is 14.7 Å². The number of benzene rings is 2. The van der Waals surface area contributed by atoms with Crippen LogP contribution in [0.3, 0.4) is 0 Å². The zero-order valence-corrected chi connectivity index (χ0v) is 14.5. The van der Waals surface area contributed by atoms with E-state index < -0.39 is 11.9 Å². The predicted molar refractivity (Wildman–Crippen MR) is 95.4 cm³/mol. The molecule has 0 saturated carbocycles. The largest absolute Gasteiger partial charge is 0.508 e. The van der Waals surface area contributed by atoms with Gasteiger partial charge in [-0.05, 0) is 23.8 Å². The highest BCUT2D eigenvalue weighted by Gasteiger charge is 2.22. The van der Waals surface area contributed by atoms with Crippen LogP contribution in [0.1, 0.15) is 21.5 Å². The van der Waals surface area contributed by atoms with Gasteiger partial charge in [-0.15, -0.1) is 0 Å². The van der Waals surface area contributed by atoms with Gasteiger partial charge in [-0.25, -0.2) is 10.3 Å². The molecule has 146 valence electrons. The van der Waals surface area contributed by atoms with Crippen LogP contribution >= 0.6 is 0 Å². The highest BCUT2D eigenvalue weighted by atomic mass is 16.6. The highest BCUT2D eigenvalue weighted by molar-refractivity contribution is 5.98. The molecule has 1 heterocycles. The molecule has 9 heteroatoms. The number of aliphatic hydroxyl groups excluding tert-OH is 1. The number of esters is 1. The Labute approximate surface area is 159 Å². The summed E-state index contributed by atoms with van der Waals surface area (Å²) >= 11 is 0. The standard InChI is InChI=1S/C19H17NO8/c21-10-12-7-11(1-3-14(12)22)2-4-18(23)28-15-9-17-16(26-5-6-27-17)8-13(15)19(24)20-25/h1-4,7-9,21-22,25H,5-6,10H2,(H,20,24)/b4-2+. The molecule has 0 radical (unpaired) electrons. The van der Waals surface area contributed by atoms with E-state index in [0.29, 0.717) is 35.8 Å². The van der Waals surface area contributed by atoms with Crippen LogP contribution < -0.4 is 19.7 Å². The normalized spacial score (nSPS) is 12.6. The lowest BCUT2D eigenvalue weighted by molar-refractivity contribution is -0.128. The number of aliphatic hydroxyl groups is 1. The van der Waals surface area contributed by atoms with E-state index in [-0.39, 0.29) is 23.7 Å². The van der Waals surface area contributed by atoms with Gasteiger partial charge in [0, 0.05) is 23.8 Å². The van der Waals surface area contributed by atoms with Crippen LogP contribution in [0.4, 0.5) is 0 Å². The molecule has 0 aliphatic carbocycles. The maximum atomic E-state index is 12.2. The van der Waals surface area contributed by atoms with Crippen molar-refractivity contribution in [3.63, 3.8) is 0 Å². The third-order valence-electron chi connectivity index (χ3n) is 3.89. The Balaban J connectivity index is 1.82. The molecular weight excluding hydrogens is 370 g/mol. The van der Waals surface area contributed by atoms with E-state index in [1.807, 2.05) is 0 Å². The molecule has 2 aromatic carbocycles. The van der Waals surface area contributed by atoms with Crippen LogP contribution in [-0.2, 0) is 11.4 Å². The molecule has 1 aliphatic rings. The molecule has 0 unspecified atom stereocenters. The topological polar surface area (TPSA) is 135 Å². The van der Waals surface area contributed by atoms with E-state index >= 15 is 0 Å². The molecule has 0 fully saturated rings. The molecule has 0 atom stereocenters. The number of hydrogen-bond donors (Lipinski definition) is 4. The van der Waals surface area contributed by atoms with Gasteiger partial charge in [0.05, 0.1) is 12.2 Å². The van der Waals surface area contributed by atoms with E-state index in [1.165, 1.54) is 35.8 Å². The molecule has 0 aromatic heterocycles. The average Bonchev–Trinajstić information content (AvgIpc) is 2.72. The third kappa shape index (κ3) is 4.22. The van der Waals surface area contributed by atoms with E-state index in [2.05, 4.69) is 0 Å². The summed E-state index contributed by atoms with van der Waals surface area (Å²) in [6, 6.07) is 7.08. The van der Waals surface area contributed by atoms with Crippen molar-refractivity contribution < 1.29 is 39.2 Å². The molecule has 3 rings (SSSR count). The second-order valence-electron chi connectivity index (χ2n) is 5.73. The van der Waals surface area contributed by atoms with Gasteiger partial charge < -0.3 is 24.4 Å². The fourth-order valence-corrected chi connectivity index (χ4v) is 2.53. The smallest absolute Gasteiger partial charge is 0.336 e. The van der Waals surface area contributed by atoms with E-state index in [0.717, 1.165) is 6.08 Å². The number of fused-ring (bicyclic) bond motifs is 1. The maximum Gasteiger partial charge on any atom is 0.336 e. The SMILES string of the molecule is O=C(/C=C/c1ccc(O)c(CO)c1)Oc1cc2c(cc1C(=O)NO)OCCO2. The Kier molecular flexibility index (Phi) is 5.78. The highest BCUT2D eigenvalue weighted by Crippen LogP contribution is 2.37. The molecule has 2 aromatic rings. The van der Waals surface area contributed by atoms with Crippen molar-refractivity contribution >= 4 is 18.0 Å². The van der Waals surface area contributed by atoms with Crippen molar-refractivity contribution in [3.8, 4) is 23.0 Å². The zero-order chi connectivity index (χ0) is 20.1. The van der Waals surface area contributed by atoms with Gasteiger partial charge in [0.15, 0.2) is 11.5 Å². The predicted octanol–water partition coefficient (Wildman–Crippen LogP) is 1.39. The molecular formula is C19H17NO8. The van der Waals surface area contributed by atoms with Crippen molar-refractivity contribution in [1.82, 2.24) is 5.48 Å². The minimum Gasteiger partial charge on any atom is -0.508 e. The second kappa shape index (κ2) is 8.42. The summed E-state index contributed by atoms with van der Waals surface area (Å²) in [5.74, 6) is -1.25. The number of carbonyl (C=O) groups excluding carboxylic acids is 2. The summed E-state index contributed by atoms with van der Waals surface area (Å²) in [4.78, 5) is 24.0. The molecule has 9 nitrogen and oxygen atoms in total. The first-order chi connectivity index (χ1) is 13.5. The molecule has 4 N–H and O–H groups in total. The van der Waals surface area contributed by atoms with Crippen molar-refractivity contribution in [2.45, 2.75) is 6.61 Å². The summed E-state index contributed by atoms with van der Waals surface area (Å²) in [7, 11) is 0. The molecule has 0 spiro atoms. The number of carbonyl (C=O) groups is 2. The molecule has 1 aliphatic heterocycles. The van der Waals surface area contributed by atoms with Crippen molar-refractivity contribution in [3.05, 3.63) is 53.1 Å².